The van der Waals surface area contributed by atoms with Gasteiger partial charge in [0.15, 0.2) is 0 Å². The summed E-state index contributed by atoms with van der Waals surface area (Å²) in [6.07, 6.45) is 3.16. The molecule has 0 unspecified atom stereocenters. The Labute approximate surface area is 74.5 Å². The van der Waals surface area contributed by atoms with Gasteiger partial charge in [-0.25, -0.2) is 0 Å². The monoisotopic (exact) mass is 166 g/mol. The summed E-state index contributed by atoms with van der Waals surface area (Å²) < 4.78 is 0. The van der Waals surface area contributed by atoms with Gasteiger partial charge in [0.05, 0.1) is 0 Å². The fraction of sp³-hybridized carbons (Fsp3) is 0.909. The van der Waals surface area contributed by atoms with Crippen molar-refractivity contribution in [3.63, 3.8) is 0 Å². The number of fused-ring (bicyclic) bond motifs is 2. The molecule has 0 aromatic heterocycles. The van der Waals surface area contributed by atoms with Gasteiger partial charge in [-0.15, -0.1) is 0 Å². The van der Waals surface area contributed by atoms with Crippen molar-refractivity contribution in [1.29, 1.82) is 0 Å². The van der Waals surface area contributed by atoms with E-state index in [1.165, 1.54) is 6.42 Å². The zero-order valence-corrected chi connectivity index (χ0v) is 8.53. The number of ketones is 1. The van der Waals surface area contributed by atoms with E-state index < -0.39 is 0 Å². The molecule has 1 nitrogen and oxygen atoms in total. The first-order valence-electron chi connectivity index (χ1n) is 4.87. The molecule has 0 saturated heterocycles. The lowest BCUT2D eigenvalue weighted by atomic mass is 9.66. The molecule has 2 atom stereocenters. The van der Waals surface area contributed by atoms with Gasteiger partial charge in [0.25, 0.3) is 0 Å². The molecule has 2 fully saturated rings. The normalized spacial score (nSPS) is 50.2. The van der Waals surface area contributed by atoms with Crippen LogP contribution in [0.25, 0.3) is 0 Å². The van der Waals surface area contributed by atoms with Gasteiger partial charge >= 0.3 is 0 Å². The van der Waals surface area contributed by atoms with Gasteiger partial charge < -0.3 is 0 Å². The van der Waals surface area contributed by atoms with Crippen molar-refractivity contribution < 1.29 is 4.79 Å². The number of carbonyl (C=O) groups is 1. The predicted octanol–water partition coefficient (Wildman–Crippen LogP) is 2.79. The topological polar surface area (TPSA) is 17.1 Å². The van der Waals surface area contributed by atoms with Crippen LogP contribution in [0, 0.1) is 16.2 Å². The molecule has 0 heterocycles. The molecule has 0 aromatic rings. The first kappa shape index (κ1) is 8.28. The van der Waals surface area contributed by atoms with E-state index in [1.807, 2.05) is 0 Å². The van der Waals surface area contributed by atoms with Crippen molar-refractivity contribution in [2.45, 2.75) is 47.0 Å². The molecule has 2 aliphatic carbocycles. The van der Waals surface area contributed by atoms with Crippen LogP contribution in [0.5, 0.6) is 0 Å². The molecule has 0 amide bonds. The third-order valence-electron chi connectivity index (χ3n) is 5.23. The van der Waals surface area contributed by atoms with Crippen molar-refractivity contribution in [1.82, 2.24) is 0 Å². The maximum atomic E-state index is 11.8. The minimum absolute atomic E-state index is 0.0122. The second kappa shape index (κ2) is 1.78. The smallest absolute Gasteiger partial charge is 0.139 e. The average Bonchev–Trinajstić information content (AvgIpc) is 2.18. The average molecular weight is 166 g/mol. The molecule has 2 aliphatic rings. The van der Waals surface area contributed by atoms with Gasteiger partial charge in [0.1, 0.15) is 5.78 Å². The maximum Gasteiger partial charge on any atom is 0.139 e. The Morgan fingerprint density at radius 3 is 1.83 bits per heavy atom. The largest absolute Gasteiger partial charge is 0.299 e. The summed E-state index contributed by atoms with van der Waals surface area (Å²) >= 11 is 0. The molecule has 2 bridgehead atoms. The van der Waals surface area contributed by atoms with Gasteiger partial charge in [0.2, 0.25) is 0 Å². The molecule has 2 saturated carbocycles. The summed E-state index contributed by atoms with van der Waals surface area (Å²) in [5, 5.41) is 0. The Hall–Kier alpha value is -0.330. The standard InChI is InChI=1S/C11H18O/c1-9(2)10(3)5-6-11(9,4)8(12)7-10/h5-7H2,1-4H3/t10-,11+/m0/s1. The summed E-state index contributed by atoms with van der Waals surface area (Å²) in [5.41, 5.74) is 0.498. The van der Waals surface area contributed by atoms with E-state index >= 15 is 0 Å². The number of carbonyl (C=O) groups excluding carboxylic acids is 1. The van der Waals surface area contributed by atoms with Crippen LogP contribution in [0.15, 0.2) is 0 Å². The van der Waals surface area contributed by atoms with Crippen LogP contribution >= 0.6 is 0 Å². The Kier molecular flexibility index (Phi) is 1.23. The van der Waals surface area contributed by atoms with E-state index in [-0.39, 0.29) is 10.8 Å². The van der Waals surface area contributed by atoms with Crippen molar-refractivity contribution in [2.24, 2.45) is 16.2 Å². The van der Waals surface area contributed by atoms with Crippen LogP contribution in [0.2, 0.25) is 0 Å². The SMILES string of the molecule is CC1(C)[C@@]2(C)CC[C@]1(C)C(=O)C2. The first-order valence-corrected chi connectivity index (χ1v) is 4.87. The maximum absolute atomic E-state index is 11.8. The van der Waals surface area contributed by atoms with Crippen LogP contribution in [0.3, 0.4) is 0 Å². The van der Waals surface area contributed by atoms with Crippen LogP contribution in [0.1, 0.15) is 47.0 Å². The summed E-state index contributed by atoms with van der Waals surface area (Å²) in [6, 6.07) is 0. The molecule has 0 spiro atoms. The molecule has 0 aromatic carbocycles. The molecule has 0 aliphatic heterocycles. The van der Waals surface area contributed by atoms with Gasteiger partial charge in [-0.05, 0) is 23.7 Å². The lowest BCUT2D eigenvalue weighted by Gasteiger charge is -2.37. The van der Waals surface area contributed by atoms with E-state index in [4.69, 9.17) is 0 Å². The third kappa shape index (κ3) is 0.571. The number of hydrogen-bond donors (Lipinski definition) is 0. The van der Waals surface area contributed by atoms with Crippen LogP contribution in [-0.2, 0) is 4.79 Å². The van der Waals surface area contributed by atoms with E-state index in [1.54, 1.807) is 0 Å². The van der Waals surface area contributed by atoms with Gasteiger partial charge in [-0.3, -0.25) is 4.79 Å². The number of hydrogen-bond acceptors (Lipinski definition) is 1. The van der Waals surface area contributed by atoms with Crippen molar-refractivity contribution in [3.8, 4) is 0 Å². The van der Waals surface area contributed by atoms with Crippen LogP contribution in [-0.4, -0.2) is 5.78 Å². The molecule has 68 valence electrons. The highest BCUT2D eigenvalue weighted by Gasteiger charge is 2.67. The van der Waals surface area contributed by atoms with Gasteiger partial charge in [-0.2, -0.15) is 0 Å². The second-order valence-electron chi connectivity index (χ2n) is 5.62. The Morgan fingerprint density at radius 1 is 1.08 bits per heavy atom. The first-order chi connectivity index (χ1) is 5.33. The van der Waals surface area contributed by atoms with Gasteiger partial charge in [0, 0.05) is 11.8 Å². The van der Waals surface area contributed by atoms with Crippen LogP contribution in [0.4, 0.5) is 0 Å². The fourth-order valence-electron chi connectivity index (χ4n) is 3.16. The highest BCUT2D eigenvalue weighted by Crippen LogP contribution is 2.70. The summed E-state index contributed by atoms with van der Waals surface area (Å²) in [7, 11) is 0. The molecule has 2 rings (SSSR count). The van der Waals surface area contributed by atoms with E-state index in [9.17, 15) is 4.79 Å². The molecular weight excluding hydrogens is 148 g/mol. The van der Waals surface area contributed by atoms with Crippen molar-refractivity contribution in [3.05, 3.63) is 0 Å². The van der Waals surface area contributed by atoms with Crippen LogP contribution < -0.4 is 0 Å². The Bertz CT molecular complexity index is 254. The molecule has 1 heteroatoms. The predicted molar refractivity (Wildman–Crippen MR) is 48.9 cm³/mol. The zero-order chi connectivity index (χ0) is 9.20. The fourth-order valence-corrected chi connectivity index (χ4v) is 3.16. The highest BCUT2D eigenvalue weighted by molar-refractivity contribution is 5.90. The molecule has 12 heavy (non-hydrogen) atoms. The number of Topliss-reactive ketones (excluding diaryl/α,β-unsaturated/α-hetero) is 1. The quantitative estimate of drug-likeness (QED) is 0.541. The molecule has 0 N–H and O–H groups in total. The van der Waals surface area contributed by atoms with E-state index in [0.717, 1.165) is 12.8 Å². The summed E-state index contributed by atoms with van der Waals surface area (Å²) in [4.78, 5) is 11.8. The summed E-state index contributed by atoms with van der Waals surface area (Å²) in [5.74, 6) is 0.501. The molecule has 0 radical (unpaired) electrons. The molecular formula is C11H18O. The zero-order valence-electron chi connectivity index (χ0n) is 8.53. The second-order valence-corrected chi connectivity index (χ2v) is 5.62. The Morgan fingerprint density at radius 2 is 1.67 bits per heavy atom. The van der Waals surface area contributed by atoms with Gasteiger partial charge in [-0.1, -0.05) is 27.7 Å². The van der Waals surface area contributed by atoms with E-state index in [0.29, 0.717) is 11.2 Å². The van der Waals surface area contributed by atoms with Crippen molar-refractivity contribution in [2.75, 3.05) is 0 Å². The minimum atomic E-state index is -0.0122. The Balaban J connectivity index is 2.56. The minimum Gasteiger partial charge on any atom is -0.299 e. The third-order valence-corrected chi connectivity index (χ3v) is 5.23. The highest BCUT2D eigenvalue weighted by atomic mass is 16.1. The summed E-state index contributed by atoms with van der Waals surface area (Å²) in [6.45, 7) is 8.98. The lowest BCUT2D eigenvalue weighted by Crippen LogP contribution is -2.34. The van der Waals surface area contributed by atoms with E-state index in [2.05, 4.69) is 27.7 Å². The lowest BCUT2D eigenvalue weighted by molar-refractivity contribution is -0.128. The van der Waals surface area contributed by atoms with Crippen molar-refractivity contribution >= 4 is 5.78 Å². The number of rotatable bonds is 0.